The van der Waals surface area contributed by atoms with Crippen molar-refractivity contribution in [1.82, 2.24) is 4.90 Å². The average Bonchev–Trinajstić information content (AvgIpc) is 2.77. The van der Waals surface area contributed by atoms with Crippen LogP contribution in [0, 0.1) is 0 Å². The minimum atomic E-state index is -0.177. The molecule has 3 heteroatoms. The van der Waals surface area contributed by atoms with Gasteiger partial charge in [-0.3, -0.25) is 14.5 Å². The number of hydrogen-bond donors (Lipinski definition) is 0. The Morgan fingerprint density at radius 3 is 2.11 bits per heavy atom. The van der Waals surface area contributed by atoms with Crippen molar-refractivity contribution in [2.75, 3.05) is 6.54 Å². The van der Waals surface area contributed by atoms with Gasteiger partial charge in [0, 0.05) is 18.7 Å². The summed E-state index contributed by atoms with van der Waals surface area (Å²) < 4.78 is 0. The Bertz CT molecular complexity index is 445. The second-order valence-corrected chi connectivity index (χ2v) is 4.13. The van der Waals surface area contributed by atoms with Gasteiger partial charge < -0.3 is 0 Å². The average molecular weight is 257 g/mol. The highest BCUT2D eigenvalue weighted by Gasteiger charge is 2.21. The number of amides is 2. The largest absolute Gasteiger partial charge is 0.275 e. The Balaban J connectivity index is 0.000000200. The van der Waals surface area contributed by atoms with E-state index in [4.69, 9.17) is 0 Å². The lowest BCUT2D eigenvalue weighted by molar-refractivity contribution is -0.136. The summed E-state index contributed by atoms with van der Waals surface area (Å²) in [6.45, 7) is 6.21. The van der Waals surface area contributed by atoms with E-state index in [0.29, 0.717) is 6.54 Å². The molecule has 1 heterocycles. The molecule has 0 atom stereocenters. The van der Waals surface area contributed by atoms with Gasteiger partial charge in [0.15, 0.2) is 0 Å². The van der Waals surface area contributed by atoms with E-state index in [2.05, 4.69) is 6.58 Å². The van der Waals surface area contributed by atoms with E-state index in [9.17, 15) is 9.59 Å². The van der Waals surface area contributed by atoms with Gasteiger partial charge in [0.25, 0.3) is 11.8 Å². The fourth-order valence-corrected chi connectivity index (χ4v) is 1.56. The van der Waals surface area contributed by atoms with Crippen molar-refractivity contribution >= 4 is 17.9 Å². The number of carbonyl (C=O) groups excluding carboxylic acids is 2. The zero-order valence-electron chi connectivity index (χ0n) is 11.2. The SMILES string of the molecule is C=Cc1ccccc1.CCCCN1C(=O)C=CC1=O. The first-order valence-corrected chi connectivity index (χ1v) is 6.40. The summed E-state index contributed by atoms with van der Waals surface area (Å²) in [4.78, 5) is 23.1. The molecule has 0 bridgehead atoms. The van der Waals surface area contributed by atoms with E-state index in [1.165, 1.54) is 22.6 Å². The molecule has 0 fully saturated rings. The van der Waals surface area contributed by atoms with Crippen molar-refractivity contribution in [3.63, 3.8) is 0 Å². The Hall–Kier alpha value is -2.16. The van der Waals surface area contributed by atoms with Crippen LogP contribution in [0.5, 0.6) is 0 Å². The summed E-state index contributed by atoms with van der Waals surface area (Å²) in [5, 5.41) is 0. The van der Waals surface area contributed by atoms with Gasteiger partial charge in [-0.05, 0) is 12.0 Å². The summed E-state index contributed by atoms with van der Waals surface area (Å²) in [6.07, 6.45) is 6.35. The van der Waals surface area contributed by atoms with Crippen molar-refractivity contribution in [3.05, 3.63) is 54.6 Å². The quantitative estimate of drug-likeness (QED) is 0.777. The van der Waals surface area contributed by atoms with E-state index in [1.54, 1.807) is 0 Å². The molecule has 0 aliphatic carbocycles. The van der Waals surface area contributed by atoms with E-state index in [-0.39, 0.29) is 11.8 Å². The first kappa shape index (κ1) is 14.9. The van der Waals surface area contributed by atoms with Crippen molar-refractivity contribution in [1.29, 1.82) is 0 Å². The monoisotopic (exact) mass is 257 g/mol. The van der Waals surface area contributed by atoms with Gasteiger partial charge in [-0.25, -0.2) is 0 Å². The lowest BCUT2D eigenvalue weighted by atomic mass is 10.2. The lowest BCUT2D eigenvalue weighted by Gasteiger charge is -2.11. The fraction of sp³-hybridized carbons (Fsp3) is 0.250. The molecule has 0 saturated carbocycles. The Labute approximate surface area is 114 Å². The smallest absolute Gasteiger partial charge is 0.253 e. The van der Waals surface area contributed by atoms with Gasteiger partial charge in [-0.1, -0.05) is 56.3 Å². The second kappa shape index (κ2) is 8.03. The molecular formula is C16H19NO2. The van der Waals surface area contributed by atoms with Gasteiger partial charge in [0.1, 0.15) is 0 Å². The lowest BCUT2D eigenvalue weighted by Crippen LogP contribution is -2.30. The van der Waals surface area contributed by atoms with Crippen LogP contribution in [0.2, 0.25) is 0 Å². The first-order valence-electron chi connectivity index (χ1n) is 6.40. The number of unbranched alkanes of at least 4 members (excludes halogenated alkanes) is 1. The molecule has 3 nitrogen and oxygen atoms in total. The molecule has 0 spiro atoms. The molecule has 1 aromatic rings. The molecule has 1 aromatic carbocycles. The molecule has 0 aromatic heterocycles. The van der Waals surface area contributed by atoms with Crippen LogP contribution in [0.1, 0.15) is 25.3 Å². The molecule has 100 valence electrons. The predicted molar refractivity (Wildman–Crippen MR) is 77.3 cm³/mol. The van der Waals surface area contributed by atoms with Crippen molar-refractivity contribution in [2.45, 2.75) is 19.8 Å². The minimum Gasteiger partial charge on any atom is -0.275 e. The third-order valence-electron chi connectivity index (χ3n) is 2.67. The zero-order chi connectivity index (χ0) is 14.1. The Morgan fingerprint density at radius 1 is 1.11 bits per heavy atom. The maximum absolute atomic E-state index is 10.9. The molecule has 2 rings (SSSR count). The normalized spacial score (nSPS) is 13.2. The predicted octanol–water partition coefficient (Wildman–Crippen LogP) is 3.04. The second-order valence-electron chi connectivity index (χ2n) is 4.13. The van der Waals surface area contributed by atoms with E-state index >= 15 is 0 Å². The van der Waals surface area contributed by atoms with Crippen LogP contribution in [0.15, 0.2) is 49.1 Å². The van der Waals surface area contributed by atoms with E-state index in [0.717, 1.165) is 12.8 Å². The van der Waals surface area contributed by atoms with E-state index in [1.807, 2.05) is 43.3 Å². The third-order valence-corrected chi connectivity index (χ3v) is 2.67. The van der Waals surface area contributed by atoms with Gasteiger partial charge in [-0.15, -0.1) is 0 Å². The fourth-order valence-electron chi connectivity index (χ4n) is 1.56. The molecule has 0 radical (unpaired) electrons. The molecular weight excluding hydrogens is 238 g/mol. The highest BCUT2D eigenvalue weighted by Crippen LogP contribution is 2.04. The van der Waals surface area contributed by atoms with Crippen LogP contribution in [0.4, 0.5) is 0 Å². The highest BCUT2D eigenvalue weighted by molar-refractivity contribution is 6.12. The summed E-state index contributed by atoms with van der Waals surface area (Å²) in [5.41, 5.74) is 1.17. The van der Waals surface area contributed by atoms with Gasteiger partial charge >= 0.3 is 0 Å². The molecule has 19 heavy (non-hydrogen) atoms. The minimum absolute atomic E-state index is 0.177. The number of nitrogens with zero attached hydrogens (tertiary/aromatic N) is 1. The maximum Gasteiger partial charge on any atom is 0.253 e. The highest BCUT2D eigenvalue weighted by atomic mass is 16.2. The number of carbonyl (C=O) groups is 2. The number of hydrogen-bond acceptors (Lipinski definition) is 2. The van der Waals surface area contributed by atoms with Crippen LogP contribution >= 0.6 is 0 Å². The van der Waals surface area contributed by atoms with Crippen molar-refractivity contribution in [2.24, 2.45) is 0 Å². The first-order chi connectivity index (χ1) is 9.19. The summed E-state index contributed by atoms with van der Waals surface area (Å²) >= 11 is 0. The van der Waals surface area contributed by atoms with Crippen LogP contribution < -0.4 is 0 Å². The van der Waals surface area contributed by atoms with Gasteiger partial charge in [-0.2, -0.15) is 0 Å². The van der Waals surface area contributed by atoms with Crippen LogP contribution in [0.3, 0.4) is 0 Å². The van der Waals surface area contributed by atoms with Crippen LogP contribution in [-0.4, -0.2) is 23.3 Å². The molecule has 1 aliphatic rings. The standard InChI is InChI=1S/C8H11NO2.C8H8/c1-2-3-6-9-7(10)4-5-8(9)11;1-2-8-6-4-3-5-7-8/h4-5H,2-3,6H2,1H3;2-7H,1H2. The summed E-state index contributed by atoms with van der Waals surface area (Å²) in [7, 11) is 0. The van der Waals surface area contributed by atoms with Crippen LogP contribution in [0.25, 0.3) is 6.08 Å². The number of benzene rings is 1. The van der Waals surface area contributed by atoms with Crippen LogP contribution in [-0.2, 0) is 9.59 Å². The zero-order valence-corrected chi connectivity index (χ0v) is 11.2. The van der Waals surface area contributed by atoms with E-state index < -0.39 is 0 Å². The number of rotatable bonds is 4. The topological polar surface area (TPSA) is 37.4 Å². The number of imide groups is 1. The third kappa shape index (κ3) is 4.92. The van der Waals surface area contributed by atoms with Crippen molar-refractivity contribution < 1.29 is 9.59 Å². The maximum atomic E-state index is 10.9. The van der Waals surface area contributed by atoms with Crippen molar-refractivity contribution in [3.8, 4) is 0 Å². The summed E-state index contributed by atoms with van der Waals surface area (Å²) in [6, 6.07) is 10.0. The summed E-state index contributed by atoms with van der Waals surface area (Å²) in [5.74, 6) is -0.355. The molecule has 0 unspecified atom stereocenters. The van der Waals surface area contributed by atoms with Gasteiger partial charge in [0.05, 0.1) is 0 Å². The van der Waals surface area contributed by atoms with Gasteiger partial charge in [0.2, 0.25) is 0 Å². The molecule has 2 amide bonds. The molecule has 1 aliphatic heterocycles. The molecule has 0 N–H and O–H groups in total. The Morgan fingerprint density at radius 2 is 1.68 bits per heavy atom. The molecule has 0 saturated heterocycles. The Kier molecular flexibility index (Phi) is 6.30.